The number of nitrogens with zero attached hydrogens (tertiary/aromatic N) is 1. The second-order valence-electron chi connectivity index (χ2n) is 9.46. The summed E-state index contributed by atoms with van der Waals surface area (Å²) in [5, 5.41) is 9.68. The number of carboxylic acids is 1. The summed E-state index contributed by atoms with van der Waals surface area (Å²) >= 11 is 0. The number of aliphatic carboxylic acids is 1. The molecule has 0 aromatic heterocycles. The molecule has 3 aromatic carbocycles. The van der Waals surface area contributed by atoms with Crippen LogP contribution < -0.4 is 14.4 Å². The van der Waals surface area contributed by atoms with Crippen LogP contribution in [0.25, 0.3) is 11.1 Å². The highest BCUT2D eigenvalue weighted by atomic mass is 19.1. The summed E-state index contributed by atoms with van der Waals surface area (Å²) in [5.41, 5.74) is 5.75. The molecule has 0 saturated carbocycles. The van der Waals surface area contributed by atoms with E-state index in [2.05, 4.69) is 0 Å². The Kier molecular flexibility index (Phi) is 6.35. The molecule has 0 aliphatic carbocycles. The minimum atomic E-state index is -0.997. The first-order valence-electron chi connectivity index (χ1n) is 12.2. The van der Waals surface area contributed by atoms with Gasteiger partial charge in [0.15, 0.2) is 23.1 Å². The lowest BCUT2D eigenvalue weighted by Gasteiger charge is -2.25. The van der Waals surface area contributed by atoms with Gasteiger partial charge in [0.1, 0.15) is 0 Å². The number of ether oxygens (including phenoxy) is 2. The number of fused-ring (bicyclic) bond motifs is 2. The second kappa shape index (κ2) is 9.50. The number of aryl methyl sites for hydroxylation is 1. The Morgan fingerprint density at radius 2 is 1.86 bits per heavy atom. The molecule has 6 nitrogen and oxygen atoms in total. The topological polar surface area (TPSA) is 76.1 Å². The van der Waals surface area contributed by atoms with Crippen molar-refractivity contribution in [3.05, 3.63) is 75.3 Å². The average Bonchev–Trinajstić information content (AvgIpc) is 3.29. The Bertz CT molecular complexity index is 1450. The normalized spacial score (nSPS) is 14.1. The van der Waals surface area contributed by atoms with Gasteiger partial charge in [-0.1, -0.05) is 0 Å². The van der Waals surface area contributed by atoms with Crippen molar-refractivity contribution in [2.45, 2.75) is 39.5 Å². The monoisotopic (exact) mass is 507 g/mol. The molecule has 1 amide bonds. The van der Waals surface area contributed by atoms with E-state index in [1.165, 1.54) is 25.3 Å². The van der Waals surface area contributed by atoms with Gasteiger partial charge in [-0.25, -0.2) is 8.78 Å². The summed E-state index contributed by atoms with van der Waals surface area (Å²) in [4.78, 5) is 26.8. The van der Waals surface area contributed by atoms with Crippen molar-refractivity contribution in [2.24, 2.45) is 0 Å². The van der Waals surface area contributed by atoms with Gasteiger partial charge in [0.2, 0.25) is 0 Å². The van der Waals surface area contributed by atoms with E-state index in [9.17, 15) is 19.1 Å². The SMILES string of the molecule is COc1ccc(C(=O)N2CCc3c2cc(C)c(CC(=O)O)c3-c2cc(F)c3c(c2C)CCCO3)cc1F. The van der Waals surface area contributed by atoms with E-state index in [4.69, 9.17) is 9.47 Å². The Morgan fingerprint density at radius 3 is 2.57 bits per heavy atom. The van der Waals surface area contributed by atoms with Crippen LogP contribution in [0.15, 0.2) is 30.3 Å². The van der Waals surface area contributed by atoms with Gasteiger partial charge in [0, 0.05) is 23.4 Å². The van der Waals surface area contributed by atoms with Gasteiger partial charge in [0.25, 0.3) is 5.91 Å². The molecule has 2 heterocycles. The molecular formula is C29H27F2NO5. The van der Waals surface area contributed by atoms with Crippen molar-refractivity contribution < 1.29 is 33.0 Å². The van der Waals surface area contributed by atoms with E-state index in [0.29, 0.717) is 53.9 Å². The number of carbonyl (C=O) groups is 2. The quantitative estimate of drug-likeness (QED) is 0.500. The third kappa shape index (κ3) is 4.20. The highest BCUT2D eigenvalue weighted by Gasteiger charge is 2.32. The molecule has 3 aromatic rings. The number of hydrogen-bond acceptors (Lipinski definition) is 4. The standard InChI is InChI=1S/C29H27F2NO5/c1-15-11-24-19(8-9-32(24)29(35)17-6-7-25(36-3)22(30)12-17)27(20(15)14-26(33)34)21-13-23(31)28-18(16(21)2)5-4-10-37-28/h6-7,11-13H,4-5,8-10,14H2,1-3H3,(H,33,34). The molecule has 0 spiro atoms. The van der Waals surface area contributed by atoms with Gasteiger partial charge in [-0.15, -0.1) is 0 Å². The Morgan fingerprint density at radius 1 is 1.08 bits per heavy atom. The fourth-order valence-corrected chi connectivity index (χ4v) is 5.51. The number of anilines is 1. The maximum Gasteiger partial charge on any atom is 0.307 e. The lowest BCUT2D eigenvalue weighted by Crippen LogP contribution is -2.29. The maximum atomic E-state index is 15.2. The zero-order chi connectivity index (χ0) is 26.4. The number of carbonyl (C=O) groups excluding carboxylic acids is 1. The lowest BCUT2D eigenvalue weighted by atomic mass is 9.84. The second-order valence-corrected chi connectivity index (χ2v) is 9.46. The van der Waals surface area contributed by atoms with Crippen molar-refractivity contribution >= 4 is 17.6 Å². The number of carboxylic acid groups (broad SMARTS) is 1. The minimum Gasteiger partial charge on any atom is -0.494 e. The van der Waals surface area contributed by atoms with Crippen molar-refractivity contribution in [3.8, 4) is 22.6 Å². The first-order valence-corrected chi connectivity index (χ1v) is 12.2. The van der Waals surface area contributed by atoms with Gasteiger partial charge in [-0.2, -0.15) is 0 Å². The number of methoxy groups -OCH3 is 1. The Hall–Kier alpha value is -3.94. The Balaban J connectivity index is 1.68. The first kappa shape index (κ1) is 24.7. The summed E-state index contributed by atoms with van der Waals surface area (Å²) in [7, 11) is 1.35. The summed E-state index contributed by atoms with van der Waals surface area (Å²) in [5.74, 6) is -2.18. The maximum absolute atomic E-state index is 15.2. The number of hydrogen-bond donors (Lipinski definition) is 1. The Labute approximate surface area is 213 Å². The molecule has 2 aliphatic heterocycles. The van der Waals surface area contributed by atoms with E-state index in [1.54, 1.807) is 17.9 Å². The minimum absolute atomic E-state index is 0.0451. The molecule has 5 rings (SSSR count). The van der Waals surface area contributed by atoms with Crippen LogP contribution in [0, 0.1) is 25.5 Å². The summed E-state index contributed by atoms with van der Waals surface area (Å²) in [6, 6.07) is 7.29. The zero-order valence-corrected chi connectivity index (χ0v) is 20.9. The van der Waals surface area contributed by atoms with Gasteiger partial charge in [-0.05, 0) is 96.8 Å². The van der Waals surface area contributed by atoms with Gasteiger partial charge in [0.05, 0.1) is 20.1 Å². The van der Waals surface area contributed by atoms with Gasteiger partial charge < -0.3 is 19.5 Å². The number of amides is 1. The van der Waals surface area contributed by atoms with Gasteiger partial charge >= 0.3 is 5.97 Å². The largest absolute Gasteiger partial charge is 0.494 e. The molecule has 0 radical (unpaired) electrons. The van der Waals surface area contributed by atoms with Crippen molar-refractivity contribution in [2.75, 3.05) is 25.2 Å². The fraction of sp³-hybridized carbons (Fsp3) is 0.310. The zero-order valence-electron chi connectivity index (χ0n) is 20.9. The highest BCUT2D eigenvalue weighted by Crippen LogP contribution is 2.45. The van der Waals surface area contributed by atoms with E-state index in [1.807, 2.05) is 6.92 Å². The third-order valence-electron chi connectivity index (χ3n) is 7.30. The molecule has 0 bridgehead atoms. The molecular weight excluding hydrogens is 480 g/mol. The van der Waals surface area contributed by atoms with E-state index < -0.39 is 17.6 Å². The third-order valence-corrected chi connectivity index (χ3v) is 7.30. The van der Waals surface area contributed by atoms with Crippen molar-refractivity contribution in [1.82, 2.24) is 0 Å². The smallest absolute Gasteiger partial charge is 0.307 e. The van der Waals surface area contributed by atoms with Crippen molar-refractivity contribution in [3.63, 3.8) is 0 Å². The van der Waals surface area contributed by atoms with Crippen LogP contribution in [0.4, 0.5) is 14.5 Å². The van der Waals surface area contributed by atoms with E-state index >= 15 is 4.39 Å². The molecule has 37 heavy (non-hydrogen) atoms. The average molecular weight is 508 g/mol. The highest BCUT2D eigenvalue weighted by molar-refractivity contribution is 6.08. The van der Waals surface area contributed by atoms with E-state index in [-0.39, 0.29) is 29.4 Å². The summed E-state index contributed by atoms with van der Waals surface area (Å²) in [6.45, 7) is 4.49. The van der Waals surface area contributed by atoms with Crippen LogP contribution in [0.2, 0.25) is 0 Å². The molecule has 192 valence electrons. The number of benzene rings is 3. The van der Waals surface area contributed by atoms with Gasteiger partial charge in [-0.3, -0.25) is 9.59 Å². The molecule has 2 aliphatic rings. The van der Waals surface area contributed by atoms with Crippen LogP contribution in [0.1, 0.15) is 44.6 Å². The molecule has 8 heteroatoms. The molecule has 0 saturated heterocycles. The predicted molar refractivity (Wildman–Crippen MR) is 135 cm³/mol. The summed E-state index contributed by atoms with van der Waals surface area (Å²) < 4.78 is 40.1. The predicted octanol–water partition coefficient (Wildman–Crippen LogP) is 5.41. The molecule has 0 unspecified atom stereocenters. The van der Waals surface area contributed by atoms with Crippen LogP contribution in [-0.2, 0) is 24.1 Å². The van der Waals surface area contributed by atoms with Crippen LogP contribution in [-0.4, -0.2) is 37.2 Å². The van der Waals surface area contributed by atoms with E-state index in [0.717, 1.165) is 29.2 Å². The molecule has 0 fully saturated rings. The molecule has 0 atom stereocenters. The van der Waals surface area contributed by atoms with Crippen LogP contribution in [0.5, 0.6) is 11.5 Å². The molecule has 1 N–H and O–H groups in total. The van der Waals surface area contributed by atoms with Crippen LogP contribution >= 0.6 is 0 Å². The van der Waals surface area contributed by atoms with Crippen molar-refractivity contribution in [1.29, 1.82) is 0 Å². The summed E-state index contributed by atoms with van der Waals surface area (Å²) in [6.07, 6.45) is 1.66. The van der Waals surface area contributed by atoms with Crippen LogP contribution in [0.3, 0.4) is 0 Å². The lowest BCUT2D eigenvalue weighted by molar-refractivity contribution is -0.136. The number of halogens is 2. The fourth-order valence-electron chi connectivity index (χ4n) is 5.51. The first-order chi connectivity index (χ1) is 17.7. The number of rotatable bonds is 5.